The Morgan fingerprint density at radius 3 is 2.61 bits per heavy atom. The fraction of sp³-hybridized carbons (Fsp3) is 0.192. The van der Waals surface area contributed by atoms with Gasteiger partial charge < -0.3 is 14.8 Å². The van der Waals surface area contributed by atoms with Gasteiger partial charge in [0.1, 0.15) is 17.2 Å². The fourth-order valence-corrected chi connectivity index (χ4v) is 3.90. The van der Waals surface area contributed by atoms with E-state index in [4.69, 9.17) is 4.42 Å². The number of pyridine rings is 1. The van der Waals surface area contributed by atoms with E-state index in [2.05, 4.69) is 10.3 Å². The molecule has 0 aliphatic carbocycles. The number of halogens is 1. The van der Waals surface area contributed by atoms with Crippen LogP contribution in [0.2, 0.25) is 0 Å². The molecule has 168 valence electrons. The molecule has 6 nitrogen and oxygen atoms in total. The van der Waals surface area contributed by atoms with Gasteiger partial charge in [-0.2, -0.15) is 0 Å². The Kier molecular flexibility index (Phi) is 5.72. The number of aryl methyl sites for hydroxylation is 2. The van der Waals surface area contributed by atoms with Crippen LogP contribution in [0, 0.1) is 26.6 Å². The van der Waals surface area contributed by atoms with Gasteiger partial charge in [0.25, 0.3) is 0 Å². The molecule has 2 N–H and O–H groups in total. The summed E-state index contributed by atoms with van der Waals surface area (Å²) in [5, 5.41) is 13.0. The fourth-order valence-electron chi connectivity index (χ4n) is 3.90. The van der Waals surface area contributed by atoms with Crippen LogP contribution in [-0.4, -0.2) is 16.1 Å². The summed E-state index contributed by atoms with van der Waals surface area (Å²) in [6.07, 6.45) is 1.41. The maximum atomic E-state index is 14.2. The average molecular weight is 446 g/mol. The first-order valence-corrected chi connectivity index (χ1v) is 10.5. The maximum absolute atomic E-state index is 14.2. The minimum absolute atomic E-state index is 0.102. The van der Waals surface area contributed by atoms with Crippen molar-refractivity contribution in [3.63, 3.8) is 0 Å². The largest absolute Gasteiger partial charge is 0.476 e. The van der Waals surface area contributed by atoms with Crippen molar-refractivity contribution in [2.45, 2.75) is 33.7 Å². The molecule has 33 heavy (non-hydrogen) atoms. The molecule has 0 saturated heterocycles. The first kappa shape index (κ1) is 22.2. The van der Waals surface area contributed by atoms with Crippen LogP contribution in [0.4, 0.5) is 10.1 Å². The second kappa shape index (κ2) is 8.50. The molecule has 0 fully saturated rings. The summed E-state index contributed by atoms with van der Waals surface area (Å²) in [7, 11) is 0. The van der Waals surface area contributed by atoms with Crippen LogP contribution in [0.25, 0.3) is 22.3 Å². The number of fused-ring (bicyclic) bond motifs is 1. The molecule has 0 bridgehead atoms. The van der Waals surface area contributed by atoms with E-state index < -0.39 is 12.0 Å². The quantitative estimate of drug-likeness (QED) is 0.403. The number of hydrogen-bond donors (Lipinski definition) is 2. The maximum Gasteiger partial charge on any atom is 0.356 e. The SMILES string of the molecule is Cc1cc(C(C)Nc2cccnc2C(=O)O)c2oc(-c3ccc(C)c(F)c3)c(C)c(=O)c2c1. The number of hydrogen-bond acceptors (Lipinski definition) is 5. The molecule has 1 atom stereocenters. The number of rotatable bonds is 5. The van der Waals surface area contributed by atoms with E-state index in [1.807, 2.05) is 19.9 Å². The molecule has 4 aromatic rings. The number of anilines is 1. The van der Waals surface area contributed by atoms with Gasteiger partial charge in [-0.3, -0.25) is 4.79 Å². The molecule has 0 saturated carbocycles. The van der Waals surface area contributed by atoms with Crippen LogP contribution in [0.15, 0.2) is 57.9 Å². The summed E-state index contributed by atoms with van der Waals surface area (Å²) in [5.41, 5.74) is 3.32. The molecule has 0 radical (unpaired) electrons. The number of nitrogens with zero attached hydrogens (tertiary/aromatic N) is 1. The van der Waals surface area contributed by atoms with E-state index in [-0.39, 0.29) is 16.9 Å². The number of benzene rings is 2. The Morgan fingerprint density at radius 2 is 1.91 bits per heavy atom. The van der Waals surface area contributed by atoms with Crippen molar-refractivity contribution in [2.75, 3.05) is 5.32 Å². The summed E-state index contributed by atoms with van der Waals surface area (Å²) < 4.78 is 20.5. The zero-order valence-electron chi connectivity index (χ0n) is 18.7. The van der Waals surface area contributed by atoms with Gasteiger partial charge in [0, 0.05) is 22.9 Å². The van der Waals surface area contributed by atoms with Crippen molar-refractivity contribution >= 4 is 22.6 Å². The molecule has 2 heterocycles. The molecule has 4 rings (SSSR count). The number of aromatic nitrogens is 1. The number of carboxylic acid groups (broad SMARTS) is 1. The summed E-state index contributed by atoms with van der Waals surface area (Å²) in [6.45, 7) is 7.05. The Balaban J connectivity index is 1.90. The monoisotopic (exact) mass is 446 g/mol. The van der Waals surface area contributed by atoms with Crippen molar-refractivity contribution in [1.29, 1.82) is 0 Å². The third-order valence-corrected chi connectivity index (χ3v) is 5.67. The summed E-state index contributed by atoms with van der Waals surface area (Å²) in [5.74, 6) is -1.23. The number of carboxylic acids is 1. The van der Waals surface area contributed by atoms with E-state index >= 15 is 0 Å². The van der Waals surface area contributed by atoms with E-state index in [9.17, 15) is 19.1 Å². The number of aromatic carboxylic acids is 1. The number of nitrogens with one attached hydrogen (secondary N) is 1. The lowest BCUT2D eigenvalue weighted by molar-refractivity contribution is 0.0691. The third-order valence-electron chi connectivity index (χ3n) is 5.67. The Labute approximate surface area is 189 Å². The predicted octanol–water partition coefficient (Wildman–Crippen LogP) is 5.79. The predicted molar refractivity (Wildman–Crippen MR) is 125 cm³/mol. The molecule has 2 aromatic carbocycles. The first-order chi connectivity index (χ1) is 15.7. The van der Waals surface area contributed by atoms with Crippen LogP contribution >= 0.6 is 0 Å². The van der Waals surface area contributed by atoms with Gasteiger partial charge in [-0.15, -0.1) is 0 Å². The standard InChI is InChI=1S/C26H23FN2O4/c1-13-10-18(16(4)29-21-6-5-9-28-22(21)26(31)32)25-19(11-13)23(30)15(3)24(33-25)17-8-7-14(2)20(27)12-17/h5-12,16,29H,1-4H3,(H,31,32). The average Bonchev–Trinajstić information content (AvgIpc) is 2.78. The number of carbonyl (C=O) groups is 1. The highest BCUT2D eigenvalue weighted by Crippen LogP contribution is 2.33. The van der Waals surface area contributed by atoms with E-state index in [0.29, 0.717) is 44.7 Å². The van der Waals surface area contributed by atoms with Gasteiger partial charge in [-0.25, -0.2) is 14.2 Å². The van der Waals surface area contributed by atoms with E-state index in [1.165, 1.54) is 12.3 Å². The summed E-state index contributed by atoms with van der Waals surface area (Å²) in [4.78, 5) is 28.7. The van der Waals surface area contributed by atoms with Gasteiger partial charge in [-0.1, -0.05) is 18.2 Å². The third kappa shape index (κ3) is 4.09. The Hall–Kier alpha value is -4.00. The topological polar surface area (TPSA) is 92.4 Å². The highest BCUT2D eigenvalue weighted by molar-refractivity contribution is 5.92. The van der Waals surface area contributed by atoms with Gasteiger partial charge in [-0.05, 0) is 63.1 Å². The highest BCUT2D eigenvalue weighted by atomic mass is 19.1. The lowest BCUT2D eigenvalue weighted by atomic mass is 9.98. The molecular formula is C26H23FN2O4. The van der Waals surface area contributed by atoms with E-state index in [1.54, 1.807) is 44.2 Å². The Morgan fingerprint density at radius 1 is 1.15 bits per heavy atom. The molecule has 0 amide bonds. The first-order valence-electron chi connectivity index (χ1n) is 10.5. The smallest absolute Gasteiger partial charge is 0.356 e. The molecule has 0 aliphatic rings. The minimum Gasteiger partial charge on any atom is -0.476 e. The highest BCUT2D eigenvalue weighted by Gasteiger charge is 2.21. The van der Waals surface area contributed by atoms with Crippen LogP contribution in [-0.2, 0) is 0 Å². The zero-order chi connectivity index (χ0) is 23.9. The van der Waals surface area contributed by atoms with Crippen LogP contribution in [0.1, 0.15) is 45.7 Å². The lowest BCUT2D eigenvalue weighted by Gasteiger charge is -2.19. The Bertz CT molecular complexity index is 1460. The van der Waals surface area contributed by atoms with Crippen molar-refractivity contribution in [3.8, 4) is 11.3 Å². The molecular weight excluding hydrogens is 423 g/mol. The van der Waals surface area contributed by atoms with Crippen LogP contribution < -0.4 is 10.7 Å². The second-order valence-corrected chi connectivity index (χ2v) is 8.15. The summed E-state index contributed by atoms with van der Waals surface area (Å²) in [6, 6.07) is 11.2. The molecule has 1 unspecified atom stereocenters. The van der Waals surface area contributed by atoms with Crippen molar-refractivity contribution in [1.82, 2.24) is 4.98 Å². The summed E-state index contributed by atoms with van der Waals surface area (Å²) >= 11 is 0. The van der Waals surface area contributed by atoms with Crippen LogP contribution in [0.5, 0.6) is 0 Å². The van der Waals surface area contributed by atoms with Crippen molar-refractivity contribution < 1.29 is 18.7 Å². The van der Waals surface area contributed by atoms with Crippen LogP contribution in [0.3, 0.4) is 0 Å². The van der Waals surface area contributed by atoms with Gasteiger partial charge in [0.15, 0.2) is 11.1 Å². The molecule has 0 spiro atoms. The van der Waals surface area contributed by atoms with Gasteiger partial charge in [0.05, 0.1) is 17.1 Å². The minimum atomic E-state index is -1.15. The van der Waals surface area contributed by atoms with Crippen molar-refractivity contribution in [3.05, 3.63) is 92.6 Å². The van der Waals surface area contributed by atoms with Gasteiger partial charge >= 0.3 is 5.97 Å². The second-order valence-electron chi connectivity index (χ2n) is 8.15. The van der Waals surface area contributed by atoms with E-state index in [0.717, 1.165) is 5.56 Å². The normalized spacial score (nSPS) is 12.0. The molecule has 2 aromatic heterocycles. The lowest BCUT2D eigenvalue weighted by Crippen LogP contribution is -2.14. The van der Waals surface area contributed by atoms with Crippen molar-refractivity contribution in [2.24, 2.45) is 0 Å². The zero-order valence-corrected chi connectivity index (χ0v) is 18.7. The molecule has 7 heteroatoms. The molecule has 0 aliphatic heterocycles. The van der Waals surface area contributed by atoms with Gasteiger partial charge in [0.2, 0.25) is 0 Å².